The summed E-state index contributed by atoms with van der Waals surface area (Å²) < 4.78 is 0. The minimum absolute atomic E-state index is 0.0355. The smallest absolute Gasteiger partial charge is 0.328 e. The molecule has 0 heterocycles. The first-order valence-corrected chi connectivity index (χ1v) is 11.2. The maximum absolute atomic E-state index is 12.8. The predicted molar refractivity (Wildman–Crippen MR) is 129 cm³/mol. The van der Waals surface area contributed by atoms with Gasteiger partial charge in [0.05, 0.1) is 19.3 Å². The number of phenols is 2. The van der Waals surface area contributed by atoms with Crippen LogP contribution in [0.15, 0.2) is 48.5 Å². The van der Waals surface area contributed by atoms with Gasteiger partial charge in [-0.15, -0.1) is 0 Å². The molecule has 4 atom stereocenters. The molecule has 0 saturated carbocycles. The van der Waals surface area contributed by atoms with Crippen LogP contribution >= 0.6 is 0 Å². The first-order chi connectivity index (χ1) is 17.5. The number of hydrogen-bond donors (Lipinski definition) is 9. The van der Waals surface area contributed by atoms with Crippen molar-refractivity contribution in [2.75, 3.05) is 13.2 Å². The zero-order valence-corrected chi connectivity index (χ0v) is 19.7. The van der Waals surface area contributed by atoms with Gasteiger partial charge in [0, 0.05) is 6.42 Å². The van der Waals surface area contributed by atoms with Gasteiger partial charge in [0.15, 0.2) is 0 Å². The van der Waals surface area contributed by atoms with Crippen LogP contribution in [0, 0.1) is 0 Å². The van der Waals surface area contributed by atoms with Crippen LogP contribution in [0.1, 0.15) is 11.1 Å². The number of carbonyl (C=O) groups is 4. The lowest BCUT2D eigenvalue weighted by atomic mass is 10.0. The number of aliphatic carboxylic acids is 1. The van der Waals surface area contributed by atoms with E-state index in [0.717, 1.165) is 0 Å². The summed E-state index contributed by atoms with van der Waals surface area (Å²) >= 11 is 0. The van der Waals surface area contributed by atoms with Crippen LogP contribution < -0.4 is 21.7 Å². The Morgan fingerprint density at radius 2 is 1.05 bits per heavy atom. The number of aliphatic hydroxyl groups excluding tert-OH is 2. The highest BCUT2D eigenvalue weighted by molar-refractivity contribution is 5.94. The van der Waals surface area contributed by atoms with Crippen LogP contribution in [-0.2, 0) is 32.0 Å². The zero-order chi connectivity index (χ0) is 27.5. The van der Waals surface area contributed by atoms with Gasteiger partial charge >= 0.3 is 5.97 Å². The predicted octanol–water partition coefficient (Wildman–Crippen LogP) is -2.27. The molecule has 0 aliphatic heterocycles. The number of nitrogens with two attached hydrogens (primary N) is 1. The molecule has 200 valence electrons. The molecule has 0 spiro atoms. The average molecular weight is 519 g/mol. The minimum atomic E-state index is -1.63. The van der Waals surface area contributed by atoms with Crippen molar-refractivity contribution < 1.29 is 44.7 Å². The van der Waals surface area contributed by atoms with Crippen molar-refractivity contribution in [1.82, 2.24) is 16.0 Å². The number of carboxylic acid groups (broad SMARTS) is 1. The van der Waals surface area contributed by atoms with Gasteiger partial charge in [0.25, 0.3) is 0 Å². The van der Waals surface area contributed by atoms with Crippen LogP contribution in [0.4, 0.5) is 0 Å². The summed E-state index contributed by atoms with van der Waals surface area (Å²) in [7, 11) is 0. The van der Waals surface area contributed by atoms with Gasteiger partial charge in [-0.05, 0) is 41.8 Å². The molecule has 10 N–H and O–H groups in total. The van der Waals surface area contributed by atoms with Crippen molar-refractivity contribution in [1.29, 1.82) is 0 Å². The molecule has 0 aromatic heterocycles. The molecule has 0 bridgehead atoms. The summed E-state index contributed by atoms with van der Waals surface area (Å²) in [6.07, 6.45) is -0.0580. The Bertz CT molecular complexity index is 1080. The second kappa shape index (κ2) is 13.8. The molecule has 0 fully saturated rings. The first-order valence-electron chi connectivity index (χ1n) is 11.2. The summed E-state index contributed by atoms with van der Waals surface area (Å²) in [5.41, 5.74) is 7.04. The Morgan fingerprint density at radius 1 is 0.649 bits per heavy atom. The number of benzene rings is 2. The topological polar surface area (TPSA) is 232 Å². The highest BCUT2D eigenvalue weighted by Crippen LogP contribution is 2.13. The second-order valence-electron chi connectivity index (χ2n) is 8.23. The molecule has 0 saturated heterocycles. The second-order valence-corrected chi connectivity index (χ2v) is 8.23. The van der Waals surface area contributed by atoms with Gasteiger partial charge in [0.2, 0.25) is 17.7 Å². The van der Waals surface area contributed by atoms with Crippen molar-refractivity contribution in [3.63, 3.8) is 0 Å². The Balaban J connectivity index is 2.11. The summed E-state index contributed by atoms with van der Waals surface area (Å²) in [5, 5.41) is 53.6. The zero-order valence-electron chi connectivity index (χ0n) is 19.7. The number of phenolic OH excluding ortho intramolecular Hbond substituents is 2. The number of hydrogen-bond acceptors (Lipinski definition) is 9. The van der Waals surface area contributed by atoms with Gasteiger partial charge < -0.3 is 47.2 Å². The van der Waals surface area contributed by atoms with E-state index in [-0.39, 0.29) is 24.3 Å². The largest absolute Gasteiger partial charge is 0.508 e. The molecule has 0 aliphatic carbocycles. The number of aliphatic hydroxyl groups is 2. The Hall–Kier alpha value is -4.20. The van der Waals surface area contributed by atoms with Crippen LogP contribution in [0.2, 0.25) is 0 Å². The number of rotatable bonds is 13. The van der Waals surface area contributed by atoms with Gasteiger partial charge in [-0.3, -0.25) is 14.4 Å². The number of amides is 3. The van der Waals surface area contributed by atoms with E-state index in [1.165, 1.54) is 36.4 Å². The van der Waals surface area contributed by atoms with E-state index in [1.54, 1.807) is 12.1 Å². The summed E-state index contributed by atoms with van der Waals surface area (Å²) in [4.78, 5) is 49.3. The third-order valence-electron chi connectivity index (χ3n) is 5.35. The maximum atomic E-state index is 12.8. The molecule has 0 radical (unpaired) electrons. The number of carbonyl (C=O) groups excluding carboxylic acids is 3. The highest BCUT2D eigenvalue weighted by atomic mass is 16.4. The van der Waals surface area contributed by atoms with Gasteiger partial charge in [-0.2, -0.15) is 0 Å². The van der Waals surface area contributed by atoms with E-state index in [0.29, 0.717) is 11.1 Å². The molecule has 2 rings (SSSR count). The summed E-state index contributed by atoms with van der Waals surface area (Å²) in [6.45, 7) is -1.72. The Kier molecular flexibility index (Phi) is 10.8. The maximum Gasteiger partial charge on any atom is 0.328 e. The number of nitrogens with one attached hydrogen (secondary N) is 3. The molecule has 3 amide bonds. The molecular weight excluding hydrogens is 488 g/mol. The van der Waals surface area contributed by atoms with Crippen molar-refractivity contribution in [2.45, 2.75) is 37.0 Å². The van der Waals surface area contributed by atoms with E-state index in [9.17, 15) is 39.6 Å². The van der Waals surface area contributed by atoms with Crippen LogP contribution in [0.3, 0.4) is 0 Å². The van der Waals surface area contributed by atoms with Crippen LogP contribution in [0.25, 0.3) is 0 Å². The third kappa shape index (κ3) is 9.07. The average Bonchev–Trinajstić information content (AvgIpc) is 2.87. The molecule has 13 heteroatoms. The number of carboxylic acids is 1. The van der Waals surface area contributed by atoms with Gasteiger partial charge in [-0.25, -0.2) is 4.79 Å². The van der Waals surface area contributed by atoms with Crippen LogP contribution in [0.5, 0.6) is 11.5 Å². The fraction of sp³-hybridized carbons (Fsp3) is 0.333. The standard InChI is InChI=1S/C24H30N4O9/c25-17(9-13-1-5-15(31)6-2-13)21(33)27-19(11-29)23(35)26-18(10-14-3-7-16(32)8-4-14)22(34)28-20(12-30)24(36)37/h1-8,17-20,29-32H,9-12,25H2,(H,26,35)(H,27,33)(H,28,34)(H,36,37). The van der Waals surface area contributed by atoms with Crippen molar-refractivity contribution in [3.8, 4) is 11.5 Å². The van der Waals surface area contributed by atoms with E-state index in [1.807, 2.05) is 0 Å². The number of aromatic hydroxyl groups is 2. The van der Waals surface area contributed by atoms with Crippen molar-refractivity contribution >= 4 is 23.7 Å². The lowest BCUT2D eigenvalue weighted by molar-refractivity contribution is -0.143. The molecule has 0 aliphatic rings. The lowest BCUT2D eigenvalue weighted by Gasteiger charge is -2.24. The van der Waals surface area contributed by atoms with Gasteiger partial charge in [-0.1, -0.05) is 24.3 Å². The van der Waals surface area contributed by atoms with E-state index in [4.69, 9.17) is 10.8 Å². The van der Waals surface area contributed by atoms with Crippen molar-refractivity contribution in [3.05, 3.63) is 59.7 Å². The Morgan fingerprint density at radius 3 is 1.51 bits per heavy atom. The van der Waals surface area contributed by atoms with E-state index >= 15 is 0 Å². The fourth-order valence-electron chi connectivity index (χ4n) is 3.26. The molecule has 2 aromatic rings. The Labute approximate surface area is 211 Å². The quantitative estimate of drug-likeness (QED) is 0.138. The lowest BCUT2D eigenvalue weighted by Crippen LogP contribution is -2.59. The summed E-state index contributed by atoms with van der Waals surface area (Å²) in [5.74, 6) is -4.12. The SMILES string of the molecule is NC(Cc1ccc(O)cc1)C(=O)NC(CO)C(=O)NC(Cc1ccc(O)cc1)C(=O)NC(CO)C(=O)O. The van der Waals surface area contributed by atoms with Gasteiger partial charge in [0.1, 0.15) is 29.6 Å². The van der Waals surface area contributed by atoms with E-state index in [2.05, 4.69) is 16.0 Å². The molecule has 13 nitrogen and oxygen atoms in total. The first kappa shape index (κ1) is 29.0. The molecule has 37 heavy (non-hydrogen) atoms. The normalized spacial score (nSPS) is 14.0. The van der Waals surface area contributed by atoms with Crippen molar-refractivity contribution in [2.24, 2.45) is 5.73 Å². The minimum Gasteiger partial charge on any atom is -0.508 e. The monoisotopic (exact) mass is 518 g/mol. The molecule has 2 aromatic carbocycles. The molecule has 4 unspecified atom stereocenters. The fourth-order valence-corrected chi connectivity index (χ4v) is 3.26. The highest BCUT2D eigenvalue weighted by Gasteiger charge is 2.30. The summed E-state index contributed by atoms with van der Waals surface area (Å²) in [6, 6.07) is 6.10. The van der Waals surface area contributed by atoms with Crippen LogP contribution in [-0.4, -0.2) is 86.6 Å². The molecular formula is C24H30N4O9. The third-order valence-corrected chi connectivity index (χ3v) is 5.35. The van der Waals surface area contributed by atoms with E-state index < -0.39 is 61.1 Å².